The van der Waals surface area contributed by atoms with Crippen LogP contribution < -0.4 is 5.32 Å². The molecule has 0 unspecified atom stereocenters. The fourth-order valence-electron chi connectivity index (χ4n) is 2.95. The van der Waals surface area contributed by atoms with Gasteiger partial charge >= 0.3 is 5.97 Å². The third kappa shape index (κ3) is 4.57. The molecule has 0 atom stereocenters. The third-order valence-electron chi connectivity index (χ3n) is 4.50. The summed E-state index contributed by atoms with van der Waals surface area (Å²) in [6.07, 6.45) is 1.56. The summed E-state index contributed by atoms with van der Waals surface area (Å²) in [6.45, 7) is 0. The number of thioether (sulfide) groups is 1. The molecule has 0 radical (unpaired) electrons. The highest BCUT2D eigenvalue weighted by atomic mass is 35.5. The first kappa shape index (κ1) is 22.1. The molecule has 164 valence electrons. The van der Waals surface area contributed by atoms with E-state index >= 15 is 0 Å². The summed E-state index contributed by atoms with van der Waals surface area (Å²) in [6, 6.07) is 10.6. The van der Waals surface area contributed by atoms with E-state index in [0.717, 1.165) is 5.56 Å². The van der Waals surface area contributed by atoms with E-state index < -0.39 is 5.97 Å². The Morgan fingerprint density at radius 2 is 2.03 bits per heavy atom. The summed E-state index contributed by atoms with van der Waals surface area (Å²) in [7, 11) is 3.10. The van der Waals surface area contributed by atoms with Crippen molar-refractivity contribution in [2.45, 2.75) is 5.16 Å². The van der Waals surface area contributed by atoms with Gasteiger partial charge in [-0.25, -0.2) is 4.79 Å². The summed E-state index contributed by atoms with van der Waals surface area (Å²) in [4.78, 5) is 25.1. The maximum absolute atomic E-state index is 12.6. The normalized spacial score (nSPS) is 10.8. The van der Waals surface area contributed by atoms with Crippen LogP contribution in [0.15, 0.2) is 57.6 Å². The zero-order valence-corrected chi connectivity index (χ0v) is 19.4. The number of esters is 1. The minimum atomic E-state index is -0.532. The number of furan rings is 1. The molecule has 1 aromatic carbocycles. The number of hydrogen-bond acceptors (Lipinski definition) is 8. The second kappa shape index (κ2) is 9.60. The lowest BCUT2D eigenvalue weighted by Gasteiger charge is -2.08. The second-order valence-corrected chi connectivity index (χ2v) is 8.79. The molecule has 3 aromatic heterocycles. The molecular formula is C21H17ClN4O4S2. The van der Waals surface area contributed by atoms with Crippen molar-refractivity contribution in [1.82, 2.24) is 14.8 Å². The van der Waals surface area contributed by atoms with Gasteiger partial charge in [0.15, 0.2) is 16.7 Å². The number of ether oxygens (including phenoxy) is 1. The smallest absolute Gasteiger partial charge is 0.341 e. The lowest BCUT2D eigenvalue weighted by Crippen LogP contribution is -2.16. The van der Waals surface area contributed by atoms with E-state index in [9.17, 15) is 9.59 Å². The van der Waals surface area contributed by atoms with Crippen LogP contribution in [0.25, 0.3) is 22.7 Å². The van der Waals surface area contributed by atoms with E-state index in [2.05, 4.69) is 15.5 Å². The van der Waals surface area contributed by atoms with Crippen molar-refractivity contribution < 1.29 is 18.7 Å². The summed E-state index contributed by atoms with van der Waals surface area (Å²) in [5, 5.41) is 14.4. The third-order valence-corrected chi connectivity index (χ3v) is 6.67. The Hall–Kier alpha value is -3.08. The molecule has 8 nitrogen and oxygen atoms in total. The largest absolute Gasteiger partial charge is 0.465 e. The zero-order chi connectivity index (χ0) is 22.7. The highest BCUT2D eigenvalue weighted by Crippen LogP contribution is 2.36. The molecule has 0 fully saturated rings. The summed E-state index contributed by atoms with van der Waals surface area (Å²) in [5.74, 6) is 0.422. The standard InChI is InChI=1S/C21H17ClN4O4S2/c1-26-18(15-4-3-9-30-15)24-25-21(26)32-11-16(27)23-19-17(20(28)29-2)14(10-31-19)12-5-7-13(22)8-6-12/h3-10H,11H2,1-2H3,(H,23,27). The van der Waals surface area contributed by atoms with Crippen LogP contribution in [0.2, 0.25) is 5.02 Å². The molecule has 0 saturated carbocycles. The zero-order valence-electron chi connectivity index (χ0n) is 17.0. The molecule has 11 heteroatoms. The number of methoxy groups -OCH3 is 1. The van der Waals surface area contributed by atoms with Crippen molar-refractivity contribution in [1.29, 1.82) is 0 Å². The van der Waals surface area contributed by atoms with Gasteiger partial charge in [-0.05, 0) is 29.8 Å². The summed E-state index contributed by atoms with van der Waals surface area (Å²) < 4.78 is 12.0. The fraction of sp³-hybridized carbons (Fsp3) is 0.143. The van der Waals surface area contributed by atoms with Crippen molar-refractivity contribution >= 4 is 51.6 Å². The van der Waals surface area contributed by atoms with Crippen molar-refractivity contribution in [2.75, 3.05) is 18.2 Å². The lowest BCUT2D eigenvalue weighted by atomic mass is 10.0. The Morgan fingerprint density at radius 3 is 2.72 bits per heavy atom. The number of halogens is 1. The molecule has 0 aliphatic rings. The molecule has 3 heterocycles. The van der Waals surface area contributed by atoms with E-state index in [1.807, 2.05) is 12.1 Å². The molecule has 32 heavy (non-hydrogen) atoms. The average molecular weight is 489 g/mol. The number of amides is 1. The average Bonchev–Trinajstić information content (AvgIpc) is 3.53. The van der Waals surface area contributed by atoms with E-state index in [4.69, 9.17) is 20.8 Å². The molecule has 4 rings (SSSR count). The van der Waals surface area contributed by atoms with Crippen molar-refractivity contribution in [3.63, 3.8) is 0 Å². The van der Waals surface area contributed by atoms with E-state index in [1.165, 1.54) is 30.2 Å². The van der Waals surface area contributed by atoms with Gasteiger partial charge in [0.1, 0.15) is 10.6 Å². The van der Waals surface area contributed by atoms with Crippen LogP contribution in [0.4, 0.5) is 5.00 Å². The second-order valence-electron chi connectivity index (χ2n) is 6.53. The first-order valence-electron chi connectivity index (χ1n) is 9.29. The van der Waals surface area contributed by atoms with Crippen LogP contribution in [0.1, 0.15) is 10.4 Å². The summed E-state index contributed by atoms with van der Waals surface area (Å²) >= 11 is 8.45. The quantitative estimate of drug-likeness (QED) is 0.289. The molecule has 0 spiro atoms. The fourth-order valence-corrected chi connectivity index (χ4v) is 4.76. The van der Waals surface area contributed by atoms with Crippen molar-refractivity contribution in [3.8, 4) is 22.7 Å². The molecule has 0 aliphatic carbocycles. The van der Waals surface area contributed by atoms with Gasteiger partial charge in [-0.3, -0.25) is 4.79 Å². The highest BCUT2D eigenvalue weighted by molar-refractivity contribution is 7.99. The number of hydrogen-bond donors (Lipinski definition) is 1. The van der Waals surface area contributed by atoms with Crippen LogP contribution in [0, 0.1) is 0 Å². The molecule has 4 aromatic rings. The highest BCUT2D eigenvalue weighted by Gasteiger charge is 2.23. The number of thiophene rings is 1. The maximum atomic E-state index is 12.6. The molecule has 1 amide bonds. The number of rotatable bonds is 7. The van der Waals surface area contributed by atoms with Crippen LogP contribution in [-0.4, -0.2) is 39.5 Å². The molecular weight excluding hydrogens is 472 g/mol. The molecule has 0 aliphatic heterocycles. The van der Waals surface area contributed by atoms with Gasteiger partial charge in [-0.2, -0.15) is 0 Å². The topological polar surface area (TPSA) is 99.2 Å². The van der Waals surface area contributed by atoms with E-state index in [1.54, 1.807) is 47.5 Å². The summed E-state index contributed by atoms with van der Waals surface area (Å²) in [5.41, 5.74) is 1.76. The van der Waals surface area contributed by atoms with Gasteiger partial charge in [0.25, 0.3) is 0 Å². The number of benzene rings is 1. The van der Waals surface area contributed by atoms with Gasteiger partial charge in [0.2, 0.25) is 5.91 Å². The number of nitrogens with zero attached hydrogens (tertiary/aromatic N) is 3. The number of anilines is 1. The Labute approximate surface area is 196 Å². The Morgan fingerprint density at radius 1 is 1.25 bits per heavy atom. The predicted octanol–water partition coefficient (Wildman–Crippen LogP) is 4.97. The molecule has 0 saturated heterocycles. The Kier molecular flexibility index (Phi) is 6.63. The van der Waals surface area contributed by atoms with Crippen LogP contribution in [0.5, 0.6) is 0 Å². The van der Waals surface area contributed by atoms with Gasteiger partial charge < -0.3 is 19.0 Å². The first-order valence-corrected chi connectivity index (χ1v) is 11.5. The van der Waals surface area contributed by atoms with Gasteiger partial charge in [0.05, 0.1) is 19.1 Å². The Balaban J connectivity index is 1.49. The number of aromatic nitrogens is 3. The van der Waals surface area contributed by atoms with Crippen LogP contribution in [-0.2, 0) is 16.6 Å². The number of nitrogens with one attached hydrogen (secondary N) is 1. The first-order chi connectivity index (χ1) is 15.5. The minimum Gasteiger partial charge on any atom is -0.465 e. The Bertz CT molecular complexity index is 1250. The number of carbonyl (C=O) groups is 2. The van der Waals surface area contributed by atoms with Crippen LogP contribution in [0.3, 0.4) is 0 Å². The minimum absolute atomic E-state index is 0.0823. The molecule has 0 bridgehead atoms. The predicted molar refractivity (Wildman–Crippen MR) is 124 cm³/mol. The van der Waals surface area contributed by atoms with Crippen molar-refractivity contribution in [2.24, 2.45) is 7.05 Å². The maximum Gasteiger partial charge on any atom is 0.341 e. The lowest BCUT2D eigenvalue weighted by molar-refractivity contribution is -0.113. The van der Waals surface area contributed by atoms with Crippen molar-refractivity contribution in [3.05, 3.63) is 58.6 Å². The van der Waals surface area contributed by atoms with E-state index in [-0.39, 0.29) is 11.7 Å². The molecule has 1 N–H and O–H groups in total. The SMILES string of the molecule is COC(=O)c1c(-c2ccc(Cl)cc2)csc1NC(=O)CSc1nnc(-c2ccco2)n1C. The van der Waals surface area contributed by atoms with E-state index in [0.29, 0.717) is 37.9 Å². The number of carbonyl (C=O) groups excluding carboxylic acids is 2. The van der Waals surface area contributed by atoms with Gasteiger partial charge in [0, 0.05) is 23.0 Å². The van der Waals surface area contributed by atoms with Gasteiger partial charge in [-0.15, -0.1) is 21.5 Å². The van der Waals surface area contributed by atoms with Gasteiger partial charge in [-0.1, -0.05) is 35.5 Å². The van der Waals surface area contributed by atoms with Crippen LogP contribution >= 0.6 is 34.7 Å². The monoisotopic (exact) mass is 488 g/mol.